The second kappa shape index (κ2) is 5.86. The van der Waals surface area contributed by atoms with Crippen molar-refractivity contribution in [2.45, 2.75) is 6.92 Å². The van der Waals surface area contributed by atoms with E-state index < -0.39 is 0 Å². The van der Waals surface area contributed by atoms with Gasteiger partial charge in [0.15, 0.2) is 0 Å². The molecule has 4 nitrogen and oxygen atoms in total. The number of hydrogen-bond donors (Lipinski definition) is 2. The molecule has 1 heterocycles. The number of aromatic hydroxyl groups is 1. The quantitative estimate of drug-likeness (QED) is 0.674. The smallest absolute Gasteiger partial charge is 0.281 e. The Morgan fingerprint density at radius 2 is 2.05 bits per heavy atom. The number of carbonyl (C=O) groups is 1. The van der Waals surface area contributed by atoms with Crippen LogP contribution in [-0.4, -0.2) is 16.7 Å². The summed E-state index contributed by atoms with van der Waals surface area (Å²) in [6, 6.07) is 10.1. The zero-order valence-corrected chi connectivity index (χ0v) is 11.6. The molecule has 1 aromatic heterocycles. The maximum atomic E-state index is 11.7. The van der Waals surface area contributed by atoms with Crippen LogP contribution >= 0.6 is 22.9 Å². The van der Waals surface area contributed by atoms with Crippen LogP contribution in [0.1, 0.15) is 22.2 Å². The first kappa shape index (κ1) is 13.6. The summed E-state index contributed by atoms with van der Waals surface area (Å²) >= 11 is 6.93. The molecule has 98 valence electrons. The number of amides is 1. The monoisotopic (exact) mass is 294 g/mol. The van der Waals surface area contributed by atoms with Crippen LogP contribution in [-0.2, 0) is 0 Å². The van der Waals surface area contributed by atoms with Gasteiger partial charge in [-0.25, -0.2) is 5.43 Å². The number of thiophene rings is 1. The first-order valence-electron chi connectivity index (χ1n) is 5.46. The third-order valence-electron chi connectivity index (χ3n) is 2.42. The maximum absolute atomic E-state index is 11.7. The number of phenolic OH excluding ortho intramolecular Hbond substituents is 1. The summed E-state index contributed by atoms with van der Waals surface area (Å²) in [5, 5.41) is 13.6. The summed E-state index contributed by atoms with van der Waals surface area (Å²) in [5.41, 5.74) is 3.53. The van der Waals surface area contributed by atoms with Crippen molar-refractivity contribution in [3.8, 4) is 5.75 Å². The van der Waals surface area contributed by atoms with E-state index >= 15 is 0 Å². The highest BCUT2D eigenvalue weighted by Crippen LogP contribution is 2.21. The van der Waals surface area contributed by atoms with Crippen molar-refractivity contribution >= 4 is 34.6 Å². The third-order valence-corrected chi connectivity index (χ3v) is 3.65. The van der Waals surface area contributed by atoms with Gasteiger partial charge in [0, 0.05) is 5.56 Å². The first-order chi connectivity index (χ1) is 9.08. The fraction of sp³-hybridized carbons (Fsp3) is 0.0769. The van der Waals surface area contributed by atoms with Crippen LogP contribution in [0.15, 0.2) is 41.5 Å². The van der Waals surface area contributed by atoms with Gasteiger partial charge in [-0.1, -0.05) is 23.7 Å². The predicted octanol–water partition coefficient (Wildman–Crippen LogP) is 3.26. The average molecular weight is 295 g/mol. The molecule has 0 unspecified atom stereocenters. The van der Waals surface area contributed by atoms with Gasteiger partial charge in [-0.15, -0.1) is 11.3 Å². The van der Waals surface area contributed by atoms with E-state index in [0.717, 1.165) is 0 Å². The fourth-order valence-electron chi connectivity index (χ4n) is 1.47. The van der Waals surface area contributed by atoms with Crippen LogP contribution in [0.4, 0.5) is 0 Å². The molecule has 0 spiro atoms. The zero-order chi connectivity index (χ0) is 13.8. The lowest BCUT2D eigenvalue weighted by Crippen LogP contribution is -2.18. The highest BCUT2D eigenvalue weighted by Gasteiger charge is 2.08. The Labute approximate surface area is 119 Å². The number of carbonyl (C=O) groups excluding carboxylic acids is 1. The molecule has 1 aromatic carbocycles. The van der Waals surface area contributed by atoms with Crippen molar-refractivity contribution < 1.29 is 9.90 Å². The Morgan fingerprint density at radius 1 is 1.32 bits per heavy atom. The molecule has 0 aliphatic carbocycles. The summed E-state index contributed by atoms with van der Waals surface area (Å²) in [6.07, 6.45) is 0. The minimum Gasteiger partial charge on any atom is -0.507 e. The molecule has 2 aromatic rings. The maximum Gasteiger partial charge on any atom is 0.281 e. The predicted molar refractivity (Wildman–Crippen MR) is 77.1 cm³/mol. The number of nitrogens with one attached hydrogen (secondary N) is 1. The highest BCUT2D eigenvalue weighted by molar-refractivity contribution is 7.17. The van der Waals surface area contributed by atoms with Gasteiger partial charge in [0.2, 0.25) is 0 Å². The first-order valence-corrected chi connectivity index (χ1v) is 6.65. The topological polar surface area (TPSA) is 61.7 Å². The molecule has 0 atom stereocenters. The van der Waals surface area contributed by atoms with Crippen LogP contribution < -0.4 is 5.43 Å². The SMILES string of the molecule is CC(=NNC(=O)c1ccc(Cl)s1)c1ccccc1O. The van der Waals surface area contributed by atoms with E-state index in [2.05, 4.69) is 10.5 Å². The average Bonchev–Trinajstić information content (AvgIpc) is 2.83. The Bertz CT molecular complexity index is 637. The molecule has 0 saturated carbocycles. The van der Waals surface area contributed by atoms with E-state index in [1.807, 2.05) is 0 Å². The molecule has 0 aliphatic heterocycles. The van der Waals surface area contributed by atoms with Crippen molar-refractivity contribution in [2.24, 2.45) is 5.10 Å². The van der Waals surface area contributed by atoms with E-state index in [4.69, 9.17) is 11.6 Å². The van der Waals surface area contributed by atoms with Crippen LogP contribution in [0.3, 0.4) is 0 Å². The number of nitrogens with zero attached hydrogens (tertiary/aromatic N) is 1. The molecule has 0 radical (unpaired) electrons. The molecule has 6 heteroatoms. The number of benzene rings is 1. The molecule has 2 N–H and O–H groups in total. The molecular formula is C13H11ClN2O2S. The summed E-state index contributed by atoms with van der Waals surface area (Å²) in [4.78, 5) is 12.2. The van der Waals surface area contributed by atoms with Gasteiger partial charge in [0.1, 0.15) is 5.75 Å². The Kier molecular flexibility index (Phi) is 4.19. The minimum atomic E-state index is -0.327. The van der Waals surface area contributed by atoms with Crippen LogP contribution in [0.5, 0.6) is 5.75 Å². The molecule has 0 aliphatic rings. The van der Waals surface area contributed by atoms with Gasteiger partial charge in [-0.05, 0) is 31.2 Å². The lowest BCUT2D eigenvalue weighted by Gasteiger charge is -2.03. The van der Waals surface area contributed by atoms with Crippen LogP contribution in [0.2, 0.25) is 4.34 Å². The fourth-order valence-corrected chi connectivity index (χ4v) is 2.40. The van der Waals surface area contributed by atoms with Crippen molar-refractivity contribution in [1.82, 2.24) is 5.43 Å². The number of hydrazone groups is 1. The van der Waals surface area contributed by atoms with Crippen molar-refractivity contribution in [3.05, 3.63) is 51.2 Å². The molecule has 0 fully saturated rings. The number of halogens is 1. The van der Waals surface area contributed by atoms with Crippen molar-refractivity contribution in [3.63, 3.8) is 0 Å². The van der Waals surface area contributed by atoms with E-state index in [1.165, 1.54) is 11.3 Å². The van der Waals surface area contributed by atoms with Gasteiger partial charge in [-0.3, -0.25) is 4.79 Å². The second-order valence-corrected chi connectivity index (χ2v) is 5.47. The van der Waals surface area contributed by atoms with Crippen LogP contribution in [0.25, 0.3) is 0 Å². The van der Waals surface area contributed by atoms with E-state index in [9.17, 15) is 9.90 Å². The number of para-hydroxylation sites is 1. The lowest BCUT2D eigenvalue weighted by atomic mass is 10.1. The molecule has 1 amide bonds. The Morgan fingerprint density at radius 3 is 2.68 bits per heavy atom. The van der Waals surface area contributed by atoms with Crippen LogP contribution in [0, 0.1) is 0 Å². The largest absolute Gasteiger partial charge is 0.507 e. The number of phenols is 1. The molecule has 19 heavy (non-hydrogen) atoms. The summed E-state index contributed by atoms with van der Waals surface area (Å²) < 4.78 is 0.548. The van der Waals surface area contributed by atoms with Gasteiger partial charge in [0.05, 0.1) is 14.9 Å². The van der Waals surface area contributed by atoms with Gasteiger partial charge >= 0.3 is 0 Å². The minimum absolute atomic E-state index is 0.122. The summed E-state index contributed by atoms with van der Waals surface area (Å²) in [6.45, 7) is 1.71. The lowest BCUT2D eigenvalue weighted by molar-refractivity contribution is 0.0959. The van der Waals surface area contributed by atoms with Gasteiger partial charge < -0.3 is 5.11 Å². The van der Waals surface area contributed by atoms with E-state index in [1.54, 1.807) is 43.3 Å². The second-order valence-electron chi connectivity index (χ2n) is 3.76. The standard InChI is InChI=1S/C13H11ClN2O2S/c1-8(9-4-2-3-5-10(9)17)15-16-13(18)11-6-7-12(14)19-11/h2-7,17H,1H3,(H,16,18). The molecule has 2 rings (SSSR count). The van der Waals surface area contributed by atoms with Gasteiger partial charge in [0.25, 0.3) is 5.91 Å². The summed E-state index contributed by atoms with van der Waals surface area (Å²) in [5.74, 6) is -0.205. The van der Waals surface area contributed by atoms with E-state index in [0.29, 0.717) is 20.5 Å². The Balaban J connectivity index is 2.11. The third kappa shape index (κ3) is 3.33. The van der Waals surface area contributed by atoms with Gasteiger partial charge in [-0.2, -0.15) is 5.10 Å². The molecule has 0 saturated heterocycles. The highest BCUT2D eigenvalue weighted by atomic mass is 35.5. The zero-order valence-electron chi connectivity index (χ0n) is 10.1. The Hall–Kier alpha value is -1.85. The normalized spacial score (nSPS) is 11.4. The number of hydrogen-bond acceptors (Lipinski definition) is 4. The van der Waals surface area contributed by atoms with E-state index in [-0.39, 0.29) is 11.7 Å². The molecule has 0 bridgehead atoms. The summed E-state index contributed by atoms with van der Waals surface area (Å²) in [7, 11) is 0. The number of rotatable bonds is 3. The van der Waals surface area contributed by atoms with Crippen molar-refractivity contribution in [1.29, 1.82) is 0 Å². The molecular weight excluding hydrogens is 284 g/mol. The van der Waals surface area contributed by atoms with Crippen molar-refractivity contribution in [2.75, 3.05) is 0 Å².